The summed E-state index contributed by atoms with van der Waals surface area (Å²) in [5, 5.41) is 0. The van der Waals surface area contributed by atoms with Crippen LogP contribution in [0.1, 0.15) is 53.0 Å². The van der Waals surface area contributed by atoms with E-state index in [0.717, 1.165) is 23.7 Å². The van der Waals surface area contributed by atoms with Crippen molar-refractivity contribution in [3.8, 4) is 0 Å². The Balaban J connectivity index is 2.79. The maximum absolute atomic E-state index is 2.45. The second-order valence-electron chi connectivity index (χ2n) is 5.98. The highest BCUT2D eigenvalue weighted by atomic mass is 14.3. The molecule has 0 bridgehead atoms. The normalized spacial score (nSPS) is 18.1. The molecule has 1 rings (SSSR count). The first-order valence-corrected chi connectivity index (χ1v) is 7.64. The molecule has 0 aliphatic carbocycles. The monoisotopic (exact) mass is 246 g/mol. The quantitative estimate of drug-likeness (QED) is 0.589. The molecule has 102 valence electrons. The summed E-state index contributed by atoms with van der Waals surface area (Å²) >= 11 is 0. The Morgan fingerprint density at radius 3 is 1.89 bits per heavy atom. The van der Waals surface area contributed by atoms with E-state index in [2.05, 4.69) is 65.0 Å². The fourth-order valence-corrected chi connectivity index (χ4v) is 2.89. The van der Waals surface area contributed by atoms with Crippen LogP contribution < -0.4 is 0 Å². The van der Waals surface area contributed by atoms with Gasteiger partial charge in [0.1, 0.15) is 0 Å². The van der Waals surface area contributed by atoms with Crippen LogP contribution in [-0.4, -0.2) is 0 Å². The number of benzene rings is 1. The van der Waals surface area contributed by atoms with Crippen LogP contribution >= 0.6 is 0 Å². The van der Waals surface area contributed by atoms with Crippen molar-refractivity contribution in [2.24, 2.45) is 23.7 Å². The van der Waals surface area contributed by atoms with Gasteiger partial charge in [-0.2, -0.15) is 0 Å². The zero-order valence-electron chi connectivity index (χ0n) is 12.8. The largest absolute Gasteiger partial charge is 0.0651 e. The van der Waals surface area contributed by atoms with Crippen LogP contribution in [0.3, 0.4) is 0 Å². The van der Waals surface area contributed by atoms with E-state index in [9.17, 15) is 0 Å². The Morgan fingerprint density at radius 1 is 0.833 bits per heavy atom. The lowest BCUT2D eigenvalue weighted by Gasteiger charge is -2.33. The second kappa shape index (κ2) is 7.61. The zero-order valence-corrected chi connectivity index (χ0v) is 12.8. The van der Waals surface area contributed by atoms with Gasteiger partial charge in [-0.1, -0.05) is 77.8 Å². The molecule has 0 aliphatic heterocycles. The summed E-state index contributed by atoms with van der Waals surface area (Å²) in [6, 6.07) is 11.0. The van der Waals surface area contributed by atoms with E-state index in [4.69, 9.17) is 0 Å². The van der Waals surface area contributed by atoms with Gasteiger partial charge in [0.05, 0.1) is 0 Å². The van der Waals surface area contributed by atoms with Crippen molar-refractivity contribution in [2.45, 2.75) is 53.9 Å². The number of hydrogen-bond acceptors (Lipinski definition) is 0. The van der Waals surface area contributed by atoms with Crippen LogP contribution in [0.15, 0.2) is 30.3 Å². The summed E-state index contributed by atoms with van der Waals surface area (Å²) in [5.41, 5.74) is 1.50. The van der Waals surface area contributed by atoms with E-state index in [-0.39, 0.29) is 0 Å². The summed E-state index contributed by atoms with van der Waals surface area (Å²) in [6.45, 7) is 11.9. The third-order valence-corrected chi connectivity index (χ3v) is 4.91. The summed E-state index contributed by atoms with van der Waals surface area (Å²) in [6.07, 6.45) is 3.82. The molecule has 0 amide bonds. The van der Waals surface area contributed by atoms with Crippen LogP contribution in [0.5, 0.6) is 0 Å². The Kier molecular flexibility index (Phi) is 6.46. The predicted octanol–water partition coefficient (Wildman–Crippen LogP) is 5.57. The highest BCUT2D eigenvalue weighted by Crippen LogP contribution is 2.33. The van der Waals surface area contributed by atoms with E-state index >= 15 is 0 Å². The molecule has 1 aromatic carbocycles. The molecule has 0 heteroatoms. The molecule has 4 unspecified atom stereocenters. The lowest BCUT2D eigenvalue weighted by molar-refractivity contribution is 0.186. The van der Waals surface area contributed by atoms with E-state index in [0.29, 0.717) is 0 Å². The summed E-state index contributed by atoms with van der Waals surface area (Å²) in [4.78, 5) is 0. The molecule has 0 saturated carbocycles. The Labute approximate surface area is 114 Å². The summed E-state index contributed by atoms with van der Waals surface area (Å²) < 4.78 is 0. The smallest absolute Gasteiger partial charge is 0.0245 e. The molecule has 0 radical (unpaired) electrons. The topological polar surface area (TPSA) is 0 Å². The lowest BCUT2D eigenvalue weighted by Crippen LogP contribution is -2.26. The minimum absolute atomic E-state index is 0.810. The summed E-state index contributed by atoms with van der Waals surface area (Å²) in [5.74, 6) is 3.26. The molecule has 0 nitrogen and oxygen atoms in total. The fourth-order valence-electron chi connectivity index (χ4n) is 2.89. The lowest BCUT2D eigenvalue weighted by atomic mass is 9.72. The van der Waals surface area contributed by atoms with Crippen LogP contribution in [0, 0.1) is 23.7 Å². The van der Waals surface area contributed by atoms with Crippen molar-refractivity contribution in [2.75, 3.05) is 0 Å². The van der Waals surface area contributed by atoms with E-state index < -0.39 is 0 Å². The van der Waals surface area contributed by atoms with Crippen molar-refractivity contribution < 1.29 is 0 Å². The van der Waals surface area contributed by atoms with Crippen LogP contribution in [0.2, 0.25) is 0 Å². The van der Waals surface area contributed by atoms with Crippen molar-refractivity contribution in [3.05, 3.63) is 35.9 Å². The van der Waals surface area contributed by atoms with Crippen LogP contribution in [0.4, 0.5) is 0 Å². The van der Waals surface area contributed by atoms with Gasteiger partial charge in [0.2, 0.25) is 0 Å². The first-order chi connectivity index (χ1) is 8.60. The average molecular weight is 246 g/mol. The molecule has 0 aromatic heterocycles. The maximum atomic E-state index is 2.45. The molecule has 0 fully saturated rings. The molecule has 1 aromatic rings. The van der Waals surface area contributed by atoms with Crippen molar-refractivity contribution in [1.82, 2.24) is 0 Å². The van der Waals surface area contributed by atoms with Gasteiger partial charge in [0, 0.05) is 0 Å². The predicted molar refractivity (Wildman–Crippen MR) is 81.7 cm³/mol. The highest BCUT2D eigenvalue weighted by Gasteiger charge is 2.26. The molecule has 0 N–H and O–H groups in total. The average Bonchev–Trinajstić information content (AvgIpc) is 2.43. The maximum Gasteiger partial charge on any atom is -0.0245 e. The molecular weight excluding hydrogens is 216 g/mol. The van der Waals surface area contributed by atoms with Gasteiger partial charge in [-0.3, -0.25) is 0 Å². The minimum atomic E-state index is 0.810. The molecule has 18 heavy (non-hydrogen) atoms. The van der Waals surface area contributed by atoms with Crippen LogP contribution in [-0.2, 0) is 6.42 Å². The summed E-state index contributed by atoms with van der Waals surface area (Å²) in [7, 11) is 0. The molecule has 0 spiro atoms. The number of rotatable bonds is 7. The van der Waals surface area contributed by atoms with Gasteiger partial charge in [0.15, 0.2) is 0 Å². The molecule has 4 atom stereocenters. The third kappa shape index (κ3) is 4.15. The first kappa shape index (κ1) is 15.3. The van der Waals surface area contributed by atoms with Gasteiger partial charge in [-0.05, 0) is 35.7 Å². The molecular formula is C18H30. The van der Waals surface area contributed by atoms with Gasteiger partial charge in [-0.25, -0.2) is 0 Å². The van der Waals surface area contributed by atoms with Gasteiger partial charge < -0.3 is 0 Å². The Morgan fingerprint density at radius 2 is 1.39 bits per heavy atom. The Bertz CT molecular complexity index is 314. The molecule has 0 saturated heterocycles. The first-order valence-electron chi connectivity index (χ1n) is 7.64. The van der Waals surface area contributed by atoms with Crippen molar-refractivity contribution in [3.63, 3.8) is 0 Å². The second-order valence-corrected chi connectivity index (χ2v) is 5.98. The van der Waals surface area contributed by atoms with Crippen molar-refractivity contribution >= 4 is 0 Å². The fraction of sp³-hybridized carbons (Fsp3) is 0.667. The zero-order chi connectivity index (χ0) is 13.5. The van der Waals surface area contributed by atoms with E-state index in [1.807, 2.05) is 0 Å². The Hall–Kier alpha value is -0.780. The molecule has 0 heterocycles. The van der Waals surface area contributed by atoms with Crippen LogP contribution in [0.25, 0.3) is 0 Å². The SMILES string of the molecule is CCC(C)C(C)C(Cc1ccccc1)C(C)CC. The van der Waals surface area contributed by atoms with Crippen molar-refractivity contribution in [1.29, 1.82) is 0 Å². The van der Waals surface area contributed by atoms with E-state index in [1.165, 1.54) is 24.8 Å². The standard InChI is InChI=1S/C18H30/c1-6-14(3)16(5)18(15(4)7-2)13-17-11-9-8-10-12-17/h8-12,14-16,18H,6-7,13H2,1-5H3. The third-order valence-electron chi connectivity index (χ3n) is 4.91. The van der Waals surface area contributed by atoms with Gasteiger partial charge >= 0.3 is 0 Å². The van der Waals surface area contributed by atoms with Gasteiger partial charge in [0.25, 0.3) is 0 Å². The van der Waals surface area contributed by atoms with E-state index in [1.54, 1.807) is 0 Å². The minimum Gasteiger partial charge on any atom is -0.0651 e. The van der Waals surface area contributed by atoms with Gasteiger partial charge in [-0.15, -0.1) is 0 Å². The molecule has 0 aliphatic rings. The number of hydrogen-bond donors (Lipinski definition) is 0. The highest BCUT2D eigenvalue weighted by molar-refractivity contribution is 5.15.